The van der Waals surface area contributed by atoms with E-state index in [4.69, 9.17) is 9.84 Å². The molecule has 1 atom stereocenters. The highest BCUT2D eigenvalue weighted by atomic mass is 16.5. The van der Waals surface area contributed by atoms with Crippen molar-refractivity contribution in [2.24, 2.45) is 0 Å². The molecule has 0 aliphatic heterocycles. The van der Waals surface area contributed by atoms with Gasteiger partial charge in [-0.05, 0) is 25.8 Å². The molecule has 4 nitrogen and oxygen atoms in total. The molecule has 0 bridgehead atoms. The number of nitrogens with one attached hydrogen (secondary N) is 1. The predicted octanol–water partition coefficient (Wildman–Crippen LogP) is 2.87. The molecule has 0 amide bonds. The van der Waals surface area contributed by atoms with E-state index < -0.39 is 6.10 Å². The summed E-state index contributed by atoms with van der Waals surface area (Å²) in [4.78, 5) is 0. The first-order valence-corrected chi connectivity index (χ1v) is 8.88. The lowest BCUT2D eigenvalue weighted by Gasteiger charge is -2.12. The van der Waals surface area contributed by atoms with E-state index in [0.29, 0.717) is 19.8 Å². The van der Waals surface area contributed by atoms with Gasteiger partial charge in [-0.25, -0.2) is 0 Å². The Kier molecular flexibility index (Phi) is 17.8. The number of unbranched alkanes of at least 4 members (excludes halogenated alkanes) is 8. The van der Waals surface area contributed by atoms with Crippen LogP contribution in [0, 0.1) is 0 Å². The Hall–Kier alpha value is -0.160. The van der Waals surface area contributed by atoms with Gasteiger partial charge >= 0.3 is 0 Å². The first-order chi connectivity index (χ1) is 10.3. The first-order valence-electron chi connectivity index (χ1n) is 8.88. The van der Waals surface area contributed by atoms with Crippen molar-refractivity contribution >= 4 is 0 Å². The van der Waals surface area contributed by atoms with Gasteiger partial charge in [0.2, 0.25) is 0 Å². The minimum absolute atomic E-state index is 0.294. The Balaban J connectivity index is 3.11. The molecule has 0 saturated heterocycles. The molecule has 128 valence electrons. The van der Waals surface area contributed by atoms with Gasteiger partial charge in [0.15, 0.2) is 0 Å². The second-order valence-electron chi connectivity index (χ2n) is 5.84. The standard InChI is InChI=1S/C17H37NO3/c1-2-3-4-5-8-11-14-21-16-17(20)15-18-12-9-6-7-10-13-19/h17-20H,2-16H2,1H3. The molecule has 0 aromatic heterocycles. The topological polar surface area (TPSA) is 61.7 Å². The zero-order chi connectivity index (χ0) is 15.6. The summed E-state index contributed by atoms with van der Waals surface area (Å²) in [5.41, 5.74) is 0. The maximum absolute atomic E-state index is 9.74. The van der Waals surface area contributed by atoms with E-state index in [0.717, 1.165) is 45.3 Å². The lowest BCUT2D eigenvalue weighted by molar-refractivity contribution is 0.0355. The van der Waals surface area contributed by atoms with Crippen LogP contribution in [0.25, 0.3) is 0 Å². The quantitative estimate of drug-likeness (QED) is 0.362. The number of hydrogen-bond acceptors (Lipinski definition) is 4. The SMILES string of the molecule is CCCCCCCCOCC(O)CNCCCCCCO. The molecule has 0 rings (SSSR count). The second-order valence-corrected chi connectivity index (χ2v) is 5.84. The van der Waals surface area contributed by atoms with Gasteiger partial charge < -0.3 is 20.3 Å². The van der Waals surface area contributed by atoms with Crippen LogP contribution in [-0.4, -0.2) is 49.2 Å². The van der Waals surface area contributed by atoms with E-state index in [1.807, 2.05) is 0 Å². The van der Waals surface area contributed by atoms with Crippen molar-refractivity contribution in [1.82, 2.24) is 5.32 Å². The van der Waals surface area contributed by atoms with E-state index in [1.165, 1.54) is 32.1 Å². The monoisotopic (exact) mass is 303 g/mol. The Bertz CT molecular complexity index is 191. The maximum Gasteiger partial charge on any atom is 0.0897 e. The third-order valence-corrected chi connectivity index (χ3v) is 3.59. The first kappa shape index (κ1) is 20.8. The van der Waals surface area contributed by atoms with Gasteiger partial charge in [0.05, 0.1) is 12.7 Å². The molecule has 0 aromatic carbocycles. The zero-order valence-electron chi connectivity index (χ0n) is 14.0. The average Bonchev–Trinajstić information content (AvgIpc) is 2.49. The maximum atomic E-state index is 9.74. The summed E-state index contributed by atoms with van der Waals surface area (Å²) in [7, 11) is 0. The molecule has 0 aromatic rings. The molecule has 21 heavy (non-hydrogen) atoms. The van der Waals surface area contributed by atoms with Gasteiger partial charge in [0.25, 0.3) is 0 Å². The average molecular weight is 303 g/mol. The van der Waals surface area contributed by atoms with Crippen molar-refractivity contribution in [3.63, 3.8) is 0 Å². The molecule has 1 unspecified atom stereocenters. The van der Waals surface area contributed by atoms with Crippen molar-refractivity contribution in [1.29, 1.82) is 0 Å². The summed E-state index contributed by atoms with van der Waals surface area (Å²) in [6, 6.07) is 0. The third-order valence-electron chi connectivity index (χ3n) is 3.59. The van der Waals surface area contributed by atoms with Gasteiger partial charge in [-0.15, -0.1) is 0 Å². The Morgan fingerprint density at radius 3 is 2.33 bits per heavy atom. The smallest absolute Gasteiger partial charge is 0.0897 e. The van der Waals surface area contributed by atoms with Crippen molar-refractivity contribution in [3.05, 3.63) is 0 Å². The van der Waals surface area contributed by atoms with E-state index in [2.05, 4.69) is 12.2 Å². The fourth-order valence-corrected chi connectivity index (χ4v) is 2.25. The highest BCUT2D eigenvalue weighted by Gasteiger charge is 2.03. The number of ether oxygens (including phenoxy) is 1. The number of aliphatic hydroxyl groups is 2. The molecule has 4 heteroatoms. The minimum Gasteiger partial charge on any atom is -0.396 e. The highest BCUT2D eigenvalue weighted by Crippen LogP contribution is 2.05. The van der Waals surface area contributed by atoms with Gasteiger partial charge in [0.1, 0.15) is 0 Å². The number of aliphatic hydroxyl groups excluding tert-OH is 2. The summed E-state index contributed by atoms with van der Waals surface area (Å²) in [6.45, 7) is 5.27. The van der Waals surface area contributed by atoms with Gasteiger partial charge in [-0.3, -0.25) is 0 Å². The minimum atomic E-state index is -0.400. The largest absolute Gasteiger partial charge is 0.396 e. The Labute approximate surface area is 131 Å². The molecule has 0 aliphatic rings. The fraction of sp³-hybridized carbons (Fsp3) is 1.00. The van der Waals surface area contributed by atoms with Crippen LogP contribution in [0.4, 0.5) is 0 Å². The Morgan fingerprint density at radius 1 is 0.905 bits per heavy atom. The van der Waals surface area contributed by atoms with E-state index in [1.54, 1.807) is 0 Å². The van der Waals surface area contributed by atoms with Crippen LogP contribution in [0.1, 0.15) is 71.1 Å². The predicted molar refractivity (Wildman–Crippen MR) is 88.6 cm³/mol. The van der Waals surface area contributed by atoms with Crippen molar-refractivity contribution < 1.29 is 14.9 Å². The van der Waals surface area contributed by atoms with Gasteiger partial charge in [-0.1, -0.05) is 51.9 Å². The second kappa shape index (κ2) is 17.9. The highest BCUT2D eigenvalue weighted by molar-refractivity contribution is 4.58. The fourth-order valence-electron chi connectivity index (χ4n) is 2.25. The van der Waals surface area contributed by atoms with Crippen molar-refractivity contribution in [2.45, 2.75) is 77.2 Å². The van der Waals surface area contributed by atoms with Crippen LogP contribution in [0.15, 0.2) is 0 Å². The molecule has 0 radical (unpaired) electrons. The molecule has 0 aliphatic carbocycles. The van der Waals surface area contributed by atoms with Crippen molar-refractivity contribution in [3.8, 4) is 0 Å². The zero-order valence-corrected chi connectivity index (χ0v) is 14.0. The van der Waals surface area contributed by atoms with E-state index in [9.17, 15) is 5.11 Å². The molecule has 3 N–H and O–H groups in total. The van der Waals surface area contributed by atoms with Crippen LogP contribution in [-0.2, 0) is 4.74 Å². The van der Waals surface area contributed by atoms with Crippen LogP contribution in [0.2, 0.25) is 0 Å². The summed E-state index contributed by atoms with van der Waals surface area (Å²) in [6.07, 6.45) is 11.4. The summed E-state index contributed by atoms with van der Waals surface area (Å²) in [5, 5.41) is 21.6. The van der Waals surface area contributed by atoms with E-state index in [-0.39, 0.29) is 0 Å². The lowest BCUT2D eigenvalue weighted by Crippen LogP contribution is -2.31. The van der Waals surface area contributed by atoms with Crippen LogP contribution >= 0.6 is 0 Å². The molecular weight excluding hydrogens is 266 g/mol. The van der Waals surface area contributed by atoms with Gasteiger partial charge in [-0.2, -0.15) is 0 Å². The normalized spacial score (nSPS) is 12.7. The van der Waals surface area contributed by atoms with Crippen molar-refractivity contribution in [2.75, 3.05) is 32.9 Å². The molecule has 0 spiro atoms. The Morgan fingerprint density at radius 2 is 1.57 bits per heavy atom. The molecule has 0 fully saturated rings. The van der Waals surface area contributed by atoms with Gasteiger partial charge in [0, 0.05) is 19.8 Å². The summed E-state index contributed by atoms with van der Waals surface area (Å²) < 4.78 is 5.49. The molecule has 0 saturated carbocycles. The summed E-state index contributed by atoms with van der Waals surface area (Å²) >= 11 is 0. The third kappa shape index (κ3) is 17.8. The summed E-state index contributed by atoms with van der Waals surface area (Å²) in [5.74, 6) is 0. The van der Waals surface area contributed by atoms with Crippen LogP contribution in [0.5, 0.6) is 0 Å². The molecular formula is C17H37NO3. The van der Waals surface area contributed by atoms with Crippen LogP contribution in [0.3, 0.4) is 0 Å². The van der Waals surface area contributed by atoms with Crippen LogP contribution < -0.4 is 5.32 Å². The number of rotatable bonds is 17. The molecule has 0 heterocycles. The number of hydrogen-bond donors (Lipinski definition) is 3. The van der Waals surface area contributed by atoms with E-state index >= 15 is 0 Å². The lowest BCUT2D eigenvalue weighted by atomic mass is 10.1.